The summed E-state index contributed by atoms with van der Waals surface area (Å²) in [5.41, 5.74) is 0.229. The van der Waals surface area contributed by atoms with Crippen LogP contribution in [-0.4, -0.2) is 37.1 Å². The van der Waals surface area contributed by atoms with Crippen LogP contribution in [0.5, 0.6) is 0 Å². The van der Waals surface area contributed by atoms with Crippen molar-refractivity contribution < 1.29 is 27.7 Å². The number of nitro benzene ring substituents is 1. The summed E-state index contributed by atoms with van der Waals surface area (Å²) in [5.74, 6) is -1.72. The molecular formula is C17H16N2O7S. The average molecular weight is 392 g/mol. The van der Waals surface area contributed by atoms with Gasteiger partial charge in [-0.15, -0.1) is 0 Å². The first-order chi connectivity index (χ1) is 12.7. The molecule has 0 aliphatic rings. The highest BCUT2D eigenvalue weighted by atomic mass is 32.2. The smallest absolute Gasteiger partial charge is 0.324 e. The second-order valence-corrected chi connectivity index (χ2v) is 7.73. The van der Waals surface area contributed by atoms with Gasteiger partial charge in [0.05, 0.1) is 9.82 Å². The van der Waals surface area contributed by atoms with Crippen LogP contribution in [0.4, 0.5) is 11.4 Å². The van der Waals surface area contributed by atoms with Crippen molar-refractivity contribution in [2.45, 2.75) is 17.1 Å². The fourth-order valence-electron chi connectivity index (χ4n) is 2.06. The Labute approximate surface area is 155 Å². The van der Waals surface area contributed by atoms with Crippen LogP contribution in [0.2, 0.25) is 0 Å². The molecule has 1 N–H and O–H groups in total. The summed E-state index contributed by atoms with van der Waals surface area (Å²) in [5, 5.41) is 11.5. The Bertz CT molecular complexity index is 941. The number of non-ortho nitro benzene ring substituents is 1. The fourth-order valence-corrected chi connectivity index (χ4v) is 3.31. The SMILES string of the molecule is C[C@H](C(=O)OCC(=O)Nc1ccccc1)S(=O)(=O)c1ccc([N+](=O)[O-])cc1. The van der Waals surface area contributed by atoms with Gasteiger partial charge in [-0.2, -0.15) is 0 Å². The molecule has 142 valence electrons. The molecule has 2 rings (SSSR count). The summed E-state index contributed by atoms with van der Waals surface area (Å²) >= 11 is 0. The number of anilines is 1. The molecule has 0 radical (unpaired) electrons. The van der Waals surface area contributed by atoms with Crippen LogP contribution < -0.4 is 5.32 Å². The lowest BCUT2D eigenvalue weighted by atomic mass is 10.3. The third-order valence-electron chi connectivity index (χ3n) is 3.58. The van der Waals surface area contributed by atoms with Crippen molar-refractivity contribution in [1.29, 1.82) is 0 Å². The minimum absolute atomic E-state index is 0.258. The molecule has 0 fully saturated rings. The Morgan fingerprint density at radius 1 is 1.11 bits per heavy atom. The summed E-state index contributed by atoms with van der Waals surface area (Å²) in [6, 6.07) is 12.6. The van der Waals surface area contributed by atoms with Crippen LogP contribution in [-0.2, 0) is 24.2 Å². The van der Waals surface area contributed by atoms with Crippen LogP contribution in [0, 0.1) is 10.1 Å². The van der Waals surface area contributed by atoms with Crippen molar-refractivity contribution in [2.75, 3.05) is 11.9 Å². The summed E-state index contributed by atoms with van der Waals surface area (Å²) in [7, 11) is -4.12. The highest BCUT2D eigenvalue weighted by Gasteiger charge is 2.31. The van der Waals surface area contributed by atoms with Crippen LogP contribution in [0.1, 0.15) is 6.92 Å². The van der Waals surface area contributed by atoms with E-state index in [-0.39, 0.29) is 10.6 Å². The number of nitrogens with one attached hydrogen (secondary N) is 1. The number of rotatable bonds is 7. The summed E-state index contributed by atoms with van der Waals surface area (Å²) in [6.45, 7) is 0.474. The van der Waals surface area contributed by atoms with Gasteiger partial charge in [0.15, 0.2) is 21.7 Å². The quantitative estimate of drug-likeness (QED) is 0.432. The lowest BCUT2D eigenvalue weighted by Crippen LogP contribution is -2.31. The number of sulfone groups is 1. The second kappa shape index (κ2) is 8.41. The molecule has 0 aromatic heterocycles. The number of para-hydroxylation sites is 1. The Morgan fingerprint density at radius 2 is 1.70 bits per heavy atom. The maximum absolute atomic E-state index is 12.4. The number of hydrogen-bond acceptors (Lipinski definition) is 7. The zero-order valence-electron chi connectivity index (χ0n) is 14.2. The number of benzene rings is 2. The van der Waals surface area contributed by atoms with Crippen LogP contribution in [0.3, 0.4) is 0 Å². The molecule has 2 aromatic carbocycles. The van der Waals surface area contributed by atoms with Crippen molar-refractivity contribution in [1.82, 2.24) is 0 Å². The maximum Gasteiger partial charge on any atom is 0.324 e. The van der Waals surface area contributed by atoms with E-state index in [0.29, 0.717) is 5.69 Å². The zero-order chi connectivity index (χ0) is 20.0. The van der Waals surface area contributed by atoms with Crippen molar-refractivity contribution in [3.8, 4) is 0 Å². The van der Waals surface area contributed by atoms with E-state index in [9.17, 15) is 28.1 Å². The number of nitrogens with zero attached hydrogens (tertiary/aromatic N) is 1. The molecule has 1 atom stereocenters. The lowest BCUT2D eigenvalue weighted by molar-refractivity contribution is -0.384. The van der Waals surface area contributed by atoms with E-state index in [1.54, 1.807) is 30.3 Å². The number of hydrogen-bond donors (Lipinski definition) is 1. The Kier molecular flexibility index (Phi) is 6.24. The number of esters is 1. The van der Waals surface area contributed by atoms with E-state index in [1.807, 2.05) is 0 Å². The molecule has 0 bridgehead atoms. The molecule has 0 saturated heterocycles. The van der Waals surface area contributed by atoms with Gasteiger partial charge < -0.3 is 10.1 Å². The molecule has 10 heteroatoms. The third kappa shape index (κ3) is 5.11. The van der Waals surface area contributed by atoms with E-state index in [4.69, 9.17) is 4.74 Å². The molecule has 0 unspecified atom stereocenters. The highest BCUT2D eigenvalue weighted by Crippen LogP contribution is 2.20. The number of nitro groups is 1. The molecule has 0 aliphatic carbocycles. The molecule has 0 heterocycles. The zero-order valence-corrected chi connectivity index (χ0v) is 15.0. The van der Waals surface area contributed by atoms with Gasteiger partial charge in [0.2, 0.25) is 0 Å². The number of carbonyl (C=O) groups is 2. The van der Waals surface area contributed by atoms with E-state index < -0.39 is 38.5 Å². The molecule has 9 nitrogen and oxygen atoms in total. The fraction of sp³-hybridized carbons (Fsp3) is 0.176. The van der Waals surface area contributed by atoms with E-state index in [2.05, 4.69) is 5.32 Å². The minimum Gasteiger partial charge on any atom is -0.455 e. The predicted octanol–water partition coefficient (Wildman–Crippen LogP) is 1.94. The van der Waals surface area contributed by atoms with E-state index >= 15 is 0 Å². The molecular weight excluding hydrogens is 376 g/mol. The van der Waals surface area contributed by atoms with Gasteiger partial charge in [0.1, 0.15) is 0 Å². The van der Waals surface area contributed by atoms with Crippen molar-refractivity contribution in [3.63, 3.8) is 0 Å². The maximum atomic E-state index is 12.4. The van der Waals surface area contributed by atoms with Crippen LogP contribution >= 0.6 is 0 Å². The first kappa shape index (κ1) is 20.0. The largest absolute Gasteiger partial charge is 0.455 e. The van der Waals surface area contributed by atoms with Gasteiger partial charge in [0, 0.05) is 17.8 Å². The van der Waals surface area contributed by atoms with Gasteiger partial charge in [-0.1, -0.05) is 18.2 Å². The molecule has 2 aromatic rings. The Balaban J connectivity index is 1.98. The Hall–Kier alpha value is -3.27. The average Bonchev–Trinajstić information content (AvgIpc) is 2.66. The number of carbonyl (C=O) groups excluding carboxylic acids is 2. The highest BCUT2D eigenvalue weighted by molar-refractivity contribution is 7.92. The number of ether oxygens (including phenoxy) is 1. The molecule has 0 saturated carbocycles. The standard InChI is InChI=1S/C17H16N2O7S/c1-12(27(24,25)15-9-7-14(8-10-15)19(22)23)17(21)26-11-16(20)18-13-5-3-2-4-6-13/h2-10,12H,11H2,1H3,(H,18,20)/t12-/m1/s1. The summed E-state index contributed by atoms with van der Waals surface area (Å²) < 4.78 is 29.6. The van der Waals surface area contributed by atoms with Gasteiger partial charge in [0.25, 0.3) is 11.6 Å². The minimum atomic E-state index is -4.12. The van der Waals surface area contributed by atoms with Crippen molar-refractivity contribution >= 4 is 33.1 Å². The van der Waals surface area contributed by atoms with E-state index in [1.165, 1.54) is 0 Å². The van der Waals surface area contributed by atoms with Gasteiger partial charge in [-0.05, 0) is 31.2 Å². The summed E-state index contributed by atoms with van der Waals surface area (Å²) in [6.07, 6.45) is 0. The summed E-state index contributed by atoms with van der Waals surface area (Å²) in [4.78, 5) is 33.5. The number of amides is 1. The van der Waals surface area contributed by atoms with Crippen molar-refractivity contribution in [2.24, 2.45) is 0 Å². The molecule has 27 heavy (non-hydrogen) atoms. The topological polar surface area (TPSA) is 133 Å². The van der Waals surface area contributed by atoms with Crippen LogP contribution in [0.25, 0.3) is 0 Å². The normalized spacial score (nSPS) is 12.0. The monoisotopic (exact) mass is 392 g/mol. The van der Waals surface area contributed by atoms with Crippen LogP contribution in [0.15, 0.2) is 59.5 Å². The van der Waals surface area contributed by atoms with Gasteiger partial charge in [-0.25, -0.2) is 8.42 Å². The predicted molar refractivity (Wildman–Crippen MR) is 95.8 cm³/mol. The molecule has 0 spiro atoms. The Morgan fingerprint density at radius 3 is 2.26 bits per heavy atom. The van der Waals surface area contributed by atoms with Crippen molar-refractivity contribution in [3.05, 3.63) is 64.7 Å². The van der Waals surface area contributed by atoms with E-state index in [0.717, 1.165) is 31.2 Å². The second-order valence-electron chi connectivity index (χ2n) is 5.46. The first-order valence-electron chi connectivity index (χ1n) is 7.71. The molecule has 1 amide bonds. The lowest BCUT2D eigenvalue weighted by Gasteiger charge is -2.12. The molecule has 0 aliphatic heterocycles. The van der Waals surface area contributed by atoms with Gasteiger partial charge >= 0.3 is 5.97 Å². The first-order valence-corrected chi connectivity index (χ1v) is 9.26. The third-order valence-corrected chi connectivity index (χ3v) is 5.63. The van der Waals surface area contributed by atoms with Gasteiger partial charge in [-0.3, -0.25) is 19.7 Å².